The predicted octanol–water partition coefficient (Wildman–Crippen LogP) is 6.65. The number of hydrogen-bond donors (Lipinski definition) is 2. The van der Waals surface area contributed by atoms with Gasteiger partial charge in [-0.1, -0.05) is 53.5 Å². The van der Waals surface area contributed by atoms with E-state index >= 15 is 0 Å². The van der Waals surface area contributed by atoms with Crippen LogP contribution in [0, 0.1) is 6.92 Å². The van der Waals surface area contributed by atoms with Gasteiger partial charge in [0.1, 0.15) is 5.76 Å². The average Bonchev–Trinajstić information content (AvgIpc) is 3.46. The van der Waals surface area contributed by atoms with Gasteiger partial charge >= 0.3 is 0 Å². The second-order valence-corrected chi connectivity index (χ2v) is 10.6. The van der Waals surface area contributed by atoms with Crippen molar-refractivity contribution in [1.82, 2.24) is 10.2 Å². The molecule has 1 fully saturated rings. The predicted molar refractivity (Wildman–Crippen MR) is 164 cm³/mol. The summed E-state index contributed by atoms with van der Waals surface area (Å²) in [4.78, 5) is 29.4. The molecule has 1 aliphatic rings. The Hall–Kier alpha value is -3.85. The summed E-state index contributed by atoms with van der Waals surface area (Å²) in [6.45, 7) is 4.45. The van der Waals surface area contributed by atoms with Crippen molar-refractivity contribution in [2.24, 2.45) is 0 Å². The minimum Gasteiger partial charge on any atom is -0.451 e. The number of nitrogens with one attached hydrogen (secondary N) is 2. The molecule has 1 saturated heterocycles. The molecule has 0 bridgehead atoms. The molecule has 0 radical (unpaired) electrons. The Balaban J connectivity index is 1.15. The van der Waals surface area contributed by atoms with Crippen LogP contribution in [0.15, 0.2) is 83.3 Å². The summed E-state index contributed by atoms with van der Waals surface area (Å²) in [5, 5.41) is 6.88. The normalized spacial score (nSPS) is 13.2. The molecule has 1 aliphatic heterocycles. The van der Waals surface area contributed by atoms with Gasteiger partial charge < -0.3 is 19.5 Å². The van der Waals surface area contributed by atoms with Gasteiger partial charge in [0.15, 0.2) is 10.9 Å². The van der Waals surface area contributed by atoms with Crippen LogP contribution in [0.4, 0.5) is 11.4 Å². The van der Waals surface area contributed by atoms with Crippen molar-refractivity contribution in [1.29, 1.82) is 0 Å². The van der Waals surface area contributed by atoms with Crippen molar-refractivity contribution in [2.45, 2.75) is 6.92 Å². The summed E-state index contributed by atoms with van der Waals surface area (Å²) < 4.78 is 5.72. The lowest BCUT2D eigenvalue weighted by Gasteiger charge is -2.36. The second kappa shape index (κ2) is 12.1. The van der Waals surface area contributed by atoms with Crippen molar-refractivity contribution in [3.05, 3.63) is 106 Å². The van der Waals surface area contributed by atoms with E-state index in [0.29, 0.717) is 53.2 Å². The van der Waals surface area contributed by atoms with Gasteiger partial charge in [-0.05, 0) is 73.2 Å². The monoisotopic (exact) mass is 592 g/mol. The van der Waals surface area contributed by atoms with E-state index in [4.69, 9.17) is 39.8 Å². The van der Waals surface area contributed by atoms with Crippen LogP contribution in [0.3, 0.4) is 0 Å². The van der Waals surface area contributed by atoms with Crippen LogP contribution < -0.4 is 15.5 Å². The maximum absolute atomic E-state index is 12.7. The number of rotatable bonds is 5. The number of halogens is 2. The lowest BCUT2D eigenvalue weighted by Crippen LogP contribution is -2.48. The largest absolute Gasteiger partial charge is 0.451 e. The van der Waals surface area contributed by atoms with E-state index in [1.54, 1.807) is 24.3 Å². The van der Waals surface area contributed by atoms with Gasteiger partial charge in [-0.3, -0.25) is 14.9 Å². The first-order chi connectivity index (χ1) is 19.3. The van der Waals surface area contributed by atoms with Gasteiger partial charge in [-0.15, -0.1) is 0 Å². The molecule has 40 heavy (non-hydrogen) atoms. The van der Waals surface area contributed by atoms with E-state index in [2.05, 4.69) is 15.5 Å². The van der Waals surface area contributed by atoms with Gasteiger partial charge in [0.05, 0.1) is 10.7 Å². The van der Waals surface area contributed by atoms with Gasteiger partial charge in [0.25, 0.3) is 11.8 Å². The Bertz CT molecular complexity index is 1570. The molecule has 0 unspecified atom stereocenters. The van der Waals surface area contributed by atoms with Crippen LogP contribution in [0.1, 0.15) is 26.5 Å². The third-order valence-corrected chi connectivity index (χ3v) is 7.56. The molecule has 2 amide bonds. The fourth-order valence-corrected chi connectivity index (χ4v) is 5.13. The molecular formula is C30H26Cl2N4O3S. The standard InChI is InChI=1S/C30H26Cl2N4O3S/c1-19-7-8-21(17-23(19)31)26-11-12-27(39-26)28(37)34-30(40)33-22-9-10-25(24(32)18-22)35-13-15-36(16-14-35)29(38)20-5-3-2-4-6-20/h2-12,17-18H,13-16H2,1H3,(H2,33,34,37,40). The molecule has 0 saturated carbocycles. The topological polar surface area (TPSA) is 77.8 Å². The van der Waals surface area contributed by atoms with Crippen LogP contribution in [-0.2, 0) is 0 Å². The fraction of sp³-hybridized carbons (Fsp3) is 0.167. The molecule has 3 aromatic carbocycles. The van der Waals surface area contributed by atoms with Crippen molar-refractivity contribution < 1.29 is 14.0 Å². The Morgan fingerprint density at radius 2 is 1.62 bits per heavy atom. The zero-order chi connectivity index (χ0) is 28.2. The number of carbonyl (C=O) groups is 2. The first kappa shape index (κ1) is 27.7. The molecule has 7 nitrogen and oxygen atoms in total. The molecule has 2 heterocycles. The van der Waals surface area contributed by atoms with Crippen LogP contribution >= 0.6 is 35.4 Å². The number of furan rings is 1. The highest BCUT2D eigenvalue weighted by Crippen LogP contribution is 2.30. The maximum atomic E-state index is 12.7. The van der Waals surface area contributed by atoms with E-state index in [1.165, 1.54) is 0 Å². The number of benzene rings is 3. The van der Waals surface area contributed by atoms with Crippen LogP contribution in [0.2, 0.25) is 10.0 Å². The van der Waals surface area contributed by atoms with Crippen LogP contribution in [0.25, 0.3) is 11.3 Å². The molecule has 0 atom stereocenters. The van der Waals surface area contributed by atoms with Gasteiger partial charge in [-0.25, -0.2) is 0 Å². The highest BCUT2D eigenvalue weighted by molar-refractivity contribution is 7.80. The first-order valence-electron chi connectivity index (χ1n) is 12.7. The molecular weight excluding hydrogens is 567 g/mol. The quantitative estimate of drug-likeness (QED) is 0.253. The summed E-state index contributed by atoms with van der Waals surface area (Å²) >= 11 is 18.1. The van der Waals surface area contributed by atoms with E-state index in [1.807, 2.05) is 66.4 Å². The molecule has 10 heteroatoms. The molecule has 5 rings (SSSR count). The molecule has 2 N–H and O–H groups in total. The number of aryl methyl sites for hydroxylation is 1. The van der Waals surface area contributed by atoms with Gasteiger partial charge in [0.2, 0.25) is 0 Å². The number of nitrogens with zero attached hydrogens (tertiary/aromatic N) is 2. The van der Waals surface area contributed by atoms with Crippen molar-refractivity contribution >= 4 is 63.7 Å². The van der Waals surface area contributed by atoms with Crippen molar-refractivity contribution in [2.75, 3.05) is 36.4 Å². The molecule has 1 aromatic heterocycles. The SMILES string of the molecule is Cc1ccc(-c2ccc(C(=O)NC(=S)Nc3ccc(N4CCN(C(=O)c5ccccc5)CC4)c(Cl)c3)o2)cc1Cl. The van der Waals surface area contributed by atoms with Crippen LogP contribution in [-0.4, -0.2) is 48.0 Å². The van der Waals surface area contributed by atoms with Crippen LogP contribution in [0.5, 0.6) is 0 Å². The number of carbonyl (C=O) groups excluding carboxylic acids is 2. The molecule has 204 valence electrons. The number of anilines is 2. The summed E-state index contributed by atoms with van der Waals surface area (Å²) in [5.41, 5.74) is 3.92. The van der Waals surface area contributed by atoms with E-state index in [0.717, 1.165) is 16.8 Å². The number of hydrogen-bond acceptors (Lipinski definition) is 5. The Labute approximate surface area is 247 Å². The number of thiocarbonyl (C=S) groups is 1. The summed E-state index contributed by atoms with van der Waals surface area (Å²) in [6, 6.07) is 23.6. The summed E-state index contributed by atoms with van der Waals surface area (Å²) in [5.74, 6) is 0.201. The van der Waals surface area contributed by atoms with E-state index in [9.17, 15) is 9.59 Å². The highest BCUT2D eigenvalue weighted by Gasteiger charge is 2.23. The van der Waals surface area contributed by atoms with Crippen molar-refractivity contribution in [3.63, 3.8) is 0 Å². The van der Waals surface area contributed by atoms with E-state index < -0.39 is 5.91 Å². The fourth-order valence-electron chi connectivity index (χ4n) is 4.44. The first-order valence-corrected chi connectivity index (χ1v) is 13.8. The molecule has 0 aliphatic carbocycles. The zero-order valence-electron chi connectivity index (χ0n) is 21.6. The van der Waals surface area contributed by atoms with Gasteiger partial charge in [0, 0.05) is 48.0 Å². The smallest absolute Gasteiger partial charge is 0.293 e. The molecule has 4 aromatic rings. The lowest BCUT2D eigenvalue weighted by atomic mass is 10.1. The highest BCUT2D eigenvalue weighted by atomic mass is 35.5. The third kappa shape index (κ3) is 6.31. The Morgan fingerprint density at radius 3 is 2.33 bits per heavy atom. The Morgan fingerprint density at radius 1 is 0.875 bits per heavy atom. The second-order valence-electron chi connectivity index (χ2n) is 9.35. The zero-order valence-corrected chi connectivity index (χ0v) is 23.9. The lowest BCUT2D eigenvalue weighted by molar-refractivity contribution is 0.0746. The summed E-state index contributed by atoms with van der Waals surface area (Å²) in [6.07, 6.45) is 0. The average molecular weight is 594 g/mol. The Kier molecular flexibility index (Phi) is 8.40. The number of piperazine rings is 1. The third-order valence-electron chi connectivity index (χ3n) is 6.65. The molecule has 0 spiro atoms. The van der Waals surface area contributed by atoms with Gasteiger partial charge in [-0.2, -0.15) is 0 Å². The minimum atomic E-state index is -0.479. The maximum Gasteiger partial charge on any atom is 0.293 e. The van der Waals surface area contributed by atoms with E-state index in [-0.39, 0.29) is 16.8 Å². The number of amides is 2. The minimum absolute atomic E-state index is 0.0340. The summed E-state index contributed by atoms with van der Waals surface area (Å²) in [7, 11) is 0. The van der Waals surface area contributed by atoms with Crippen molar-refractivity contribution in [3.8, 4) is 11.3 Å².